The second-order valence-corrected chi connectivity index (χ2v) is 3.93. The summed E-state index contributed by atoms with van der Waals surface area (Å²) in [7, 11) is 0. The van der Waals surface area contributed by atoms with Crippen molar-refractivity contribution in [2.45, 2.75) is 0 Å². The van der Waals surface area contributed by atoms with Gasteiger partial charge >= 0.3 is 0 Å². The molecule has 1 rings (SSSR count). The van der Waals surface area contributed by atoms with Gasteiger partial charge in [0, 0.05) is 5.56 Å². The summed E-state index contributed by atoms with van der Waals surface area (Å²) in [5, 5.41) is 0. The van der Waals surface area contributed by atoms with E-state index in [0.717, 1.165) is 0 Å². The lowest BCUT2D eigenvalue weighted by atomic mass is 10.2. The number of hydrogen-bond acceptors (Lipinski definition) is 1. The highest BCUT2D eigenvalue weighted by Crippen LogP contribution is 2.18. The Hall–Kier alpha value is -0.990. The molecule has 0 spiro atoms. The van der Waals surface area contributed by atoms with Crippen LogP contribution in [-0.2, 0) is 11.2 Å². The Morgan fingerprint density at radius 2 is 2.08 bits per heavy atom. The first-order valence-corrected chi connectivity index (χ1v) is 5.21. The Morgan fingerprint density at radius 1 is 1.46 bits per heavy atom. The van der Waals surface area contributed by atoms with Crippen molar-refractivity contribution >= 4 is 16.1 Å². The molecule has 2 heteroatoms. The average Bonchev–Trinajstić information content (AvgIpc) is 2.18. The van der Waals surface area contributed by atoms with Gasteiger partial charge < -0.3 is 4.55 Å². The Balaban J connectivity index is 2.73. The van der Waals surface area contributed by atoms with Gasteiger partial charge in [-0.05, 0) is 29.4 Å². The highest BCUT2D eigenvalue weighted by atomic mass is 32.2. The van der Waals surface area contributed by atoms with Crippen LogP contribution in [0.25, 0.3) is 4.91 Å². The number of rotatable bonds is 4. The first-order valence-electron chi connectivity index (χ1n) is 3.89. The number of benzene rings is 1. The van der Waals surface area contributed by atoms with Gasteiger partial charge in [0.15, 0.2) is 4.91 Å². The minimum atomic E-state index is -1.25. The minimum Gasteiger partial charge on any atom is -0.611 e. The molecule has 1 unspecified atom stereocenters. The molecule has 1 aromatic carbocycles. The van der Waals surface area contributed by atoms with Crippen molar-refractivity contribution in [2.75, 3.05) is 5.75 Å². The monoisotopic (exact) mass is 190 g/mol. The molecular formula is C11H10OS. The Labute approximate surface area is 82.0 Å². The Bertz CT molecular complexity index is 292. The van der Waals surface area contributed by atoms with Gasteiger partial charge in [-0.15, -0.1) is 0 Å². The summed E-state index contributed by atoms with van der Waals surface area (Å²) in [6, 6.07) is 9.09. The molecule has 0 saturated heterocycles. The number of hydrogen-bond donors (Lipinski definition) is 0. The lowest BCUT2D eigenvalue weighted by Crippen LogP contribution is -2.05. The van der Waals surface area contributed by atoms with Crippen LogP contribution in [-0.4, -0.2) is 10.3 Å². The van der Waals surface area contributed by atoms with E-state index in [4.69, 9.17) is 6.58 Å². The molecule has 0 aliphatic rings. The predicted octanol–water partition coefficient (Wildman–Crippen LogP) is 2.27. The normalized spacial score (nSPS) is 12.1. The summed E-state index contributed by atoms with van der Waals surface area (Å²) in [5.41, 5.74) is 0.711. The summed E-state index contributed by atoms with van der Waals surface area (Å²) in [6.45, 7) is 11.1. The maximum Gasteiger partial charge on any atom is 0.169 e. The van der Waals surface area contributed by atoms with Crippen molar-refractivity contribution in [2.24, 2.45) is 0 Å². The van der Waals surface area contributed by atoms with Crippen LogP contribution in [0, 0.1) is 6.58 Å². The fourth-order valence-electron chi connectivity index (χ4n) is 0.911. The summed E-state index contributed by atoms with van der Waals surface area (Å²) in [6.07, 6.45) is 1.56. The molecule has 0 bridgehead atoms. The Kier molecular flexibility index (Phi) is 3.80. The predicted molar refractivity (Wildman–Crippen MR) is 56.3 cm³/mol. The fourth-order valence-corrected chi connectivity index (χ4v) is 1.69. The molecule has 1 nitrogen and oxygen atoms in total. The van der Waals surface area contributed by atoms with E-state index in [1.807, 2.05) is 18.2 Å². The Morgan fingerprint density at radius 3 is 2.62 bits per heavy atom. The molecular weight excluding hydrogens is 180 g/mol. The molecule has 66 valence electrons. The average molecular weight is 190 g/mol. The van der Waals surface area contributed by atoms with Gasteiger partial charge in [-0.1, -0.05) is 24.8 Å². The molecule has 13 heavy (non-hydrogen) atoms. The molecule has 0 N–H and O–H groups in total. The van der Waals surface area contributed by atoms with E-state index in [0.29, 0.717) is 11.3 Å². The van der Waals surface area contributed by atoms with Crippen LogP contribution in [0.4, 0.5) is 0 Å². The van der Waals surface area contributed by atoms with E-state index < -0.39 is 11.2 Å². The smallest absolute Gasteiger partial charge is 0.169 e. The van der Waals surface area contributed by atoms with E-state index in [2.05, 4.69) is 6.58 Å². The quantitative estimate of drug-likeness (QED) is 0.527. The SMILES string of the molecule is [C]=C(c1ccccc1)[S+]([O-])CC=C. The molecule has 0 fully saturated rings. The first-order chi connectivity index (χ1) is 6.25. The molecule has 0 aliphatic heterocycles. The van der Waals surface area contributed by atoms with Crippen LogP contribution in [0.5, 0.6) is 0 Å². The molecule has 2 radical (unpaired) electrons. The molecule has 1 aromatic rings. The lowest BCUT2D eigenvalue weighted by Gasteiger charge is -2.09. The van der Waals surface area contributed by atoms with E-state index in [1.165, 1.54) is 0 Å². The van der Waals surface area contributed by atoms with Crippen LogP contribution in [0.2, 0.25) is 0 Å². The molecule has 0 saturated carbocycles. The van der Waals surface area contributed by atoms with Crippen LogP contribution in [0.1, 0.15) is 5.56 Å². The van der Waals surface area contributed by atoms with Gasteiger partial charge in [0.25, 0.3) is 0 Å². The van der Waals surface area contributed by atoms with Crippen molar-refractivity contribution in [3.8, 4) is 0 Å². The van der Waals surface area contributed by atoms with Crippen molar-refractivity contribution < 1.29 is 4.55 Å². The van der Waals surface area contributed by atoms with E-state index >= 15 is 0 Å². The van der Waals surface area contributed by atoms with Crippen molar-refractivity contribution in [3.63, 3.8) is 0 Å². The van der Waals surface area contributed by atoms with Gasteiger partial charge in [-0.25, -0.2) is 0 Å². The van der Waals surface area contributed by atoms with Gasteiger partial charge in [0.1, 0.15) is 5.75 Å². The summed E-state index contributed by atoms with van der Waals surface area (Å²) < 4.78 is 11.4. The van der Waals surface area contributed by atoms with Crippen molar-refractivity contribution in [1.82, 2.24) is 0 Å². The van der Waals surface area contributed by atoms with Crippen LogP contribution < -0.4 is 0 Å². The fraction of sp³-hybridized carbons (Fsp3) is 0.0909. The first kappa shape index (κ1) is 10.1. The zero-order chi connectivity index (χ0) is 9.68. The van der Waals surface area contributed by atoms with Gasteiger partial charge in [-0.2, -0.15) is 0 Å². The summed E-state index contributed by atoms with van der Waals surface area (Å²) in [5.74, 6) is 0.341. The molecule has 1 atom stereocenters. The second-order valence-electron chi connectivity index (χ2n) is 2.50. The summed E-state index contributed by atoms with van der Waals surface area (Å²) >= 11 is -1.25. The lowest BCUT2D eigenvalue weighted by molar-refractivity contribution is 0.607. The van der Waals surface area contributed by atoms with Gasteiger partial charge in [0.2, 0.25) is 0 Å². The highest BCUT2D eigenvalue weighted by Gasteiger charge is 2.12. The maximum atomic E-state index is 11.4. The van der Waals surface area contributed by atoms with E-state index in [9.17, 15) is 4.55 Å². The molecule has 0 heterocycles. The van der Waals surface area contributed by atoms with Crippen molar-refractivity contribution in [1.29, 1.82) is 0 Å². The van der Waals surface area contributed by atoms with Crippen molar-refractivity contribution in [3.05, 3.63) is 55.1 Å². The highest BCUT2D eigenvalue weighted by molar-refractivity contribution is 8.00. The van der Waals surface area contributed by atoms with Crippen LogP contribution in [0.15, 0.2) is 43.0 Å². The van der Waals surface area contributed by atoms with Crippen LogP contribution >= 0.6 is 0 Å². The molecule has 0 aromatic heterocycles. The van der Waals surface area contributed by atoms with E-state index in [-0.39, 0.29) is 4.91 Å². The zero-order valence-electron chi connectivity index (χ0n) is 7.19. The molecule has 0 amide bonds. The zero-order valence-corrected chi connectivity index (χ0v) is 8.01. The second kappa shape index (κ2) is 4.90. The summed E-state index contributed by atoms with van der Waals surface area (Å²) in [4.78, 5) is 0.167. The topological polar surface area (TPSA) is 23.1 Å². The molecule has 0 aliphatic carbocycles. The largest absolute Gasteiger partial charge is 0.611 e. The van der Waals surface area contributed by atoms with Crippen LogP contribution in [0.3, 0.4) is 0 Å². The third kappa shape index (κ3) is 2.76. The third-order valence-electron chi connectivity index (χ3n) is 1.53. The standard InChI is InChI=1S/C11H10OS/c1-3-9-13(12)10(2)11-7-5-4-6-8-11/h3-8H,1,9H2. The minimum absolute atomic E-state index is 0.167. The third-order valence-corrected chi connectivity index (χ3v) is 2.76. The maximum absolute atomic E-state index is 11.4. The van der Waals surface area contributed by atoms with E-state index in [1.54, 1.807) is 18.2 Å². The van der Waals surface area contributed by atoms with Gasteiger partial charge in [0.05, 0.1) is 6.58 Å². The van der Waals surface area contributed by atoms with Gasteiger partial charge in [-0.3, -0.25) is 0 Å².